The number of para-hydroxylation sites is 1. The molecule has 8 heteroatoms. The SMILES string of the molecule is CCOC(=O)c1sc(-c2ccccc2)cc1NC(=O)COC(=O)c1c2c(nc3ccccc13)CC[C@H](C)C2. The van der Waals surface area contributed by atoms with Crippen LogP contribution in [0, 0.1) is 5.92 Å². The van der Waals surface area contributed by atoms with E-state index in [0.29, 0.717) is 17.2 Å². The minimum Gasteiger partial charge on any atom is -0.462 e. The highest BCUT2D eigenvalue weighted by molar-refractivity contribution is 7.18. The number of benzene rings is 2. The second-order valence-corrected chi connectivity index (χ2v) is 10.4. The number of nitrogens with one attached hydrogen (secondary N) is 1. The molecule has 0 spiro atoms. The molecule has 2 heterocycles. The highest BCUT2D eigenvalue weighted by Gasteiger charge is 2.27. The van der Waals surface area contributed by atoms with Crippen LogP contribution >= 0.6 is 11.3 Å². The van der Waals surface area contributed by atoms with Gasteiger partial charge in [0.15, 0.2) is 6.61 Å². The lowest BCUT2D eigenvalue weighted by molar-refractivity contribution is -0.119. The molecule has 5 rings (SSSR count). The van der Waals surface area contributed by atoms with E-state index in [1.165, 1.54) is 11.3 Å². The summed E-state index contributed by atoms with van der Waals surface area (Å²) in [4.78, 5) is 44.7. The second kappa shape index (κ2) is 11.1. The number of thiophene rings is 1. The Morgan fingerprint density at radius 1 is 1.03 bits per heavy atom. The van der Waals surface area contributed by atoms with Crippen LogP contribution < -0.4 is 5.32 Å². The fraction of sp³-hybridized carbons (Fsp3) is 0.267. The Hall–Kier alpha value is -4.04. The number of aromatic nitrogens is 1. The van der Waals surface area contributed by atoms with Gasteiger partial charge in [0.1, 0.15) is 4.88 Å². The number of fused-ring (bicyclic) bond motifs is 2. The van der Waals surface area contributed by atoms with E-state index in [1.54, 1.807) is 13.0 Å². The van der Waals surface area contributed by atoms with Gasteiger partial charge in [-0.15, -0.1) is 11.3 Å². The summed E-state index contributed by atoms with van der Waals surface area (Å²) in [7, 11) is 0. The molecule has 0 bridgehead atoms. The minimum atomic E-state index is -0.551. The number of rotatable bonds is 7. The van der Waals surface area contributed by atoms with Crippen molar-refractivity contribution in [1.29, 1.82) is 0 Å². The van der Waals surface area contributed by atoms with Crippen LogP contribution in [-0.4, -0.2) is 36.0 Å². The Labute approximate surface area is 224 Å². The van der Waals surface area contributed by atoms with Crippen molar-refractivity contribution in [3.63, 3.8) is 0 Å². The van der Waals surface area contributed by atoms with Gasteiger partial charge in [0.2, 0.25) is 0 Å². The van der Waals surface area contributed by atoms with Gasteiger partial charge >= 0.3 is 11.9 Å². The van der Waals surface area contributed by atoms with Gasteiger partial charge in [-0.05, 0) is 55.4 Å². The molecule has 1 amide bonds. The molecule has 0 unspecified atom stereocenters. The van der Waals surface area contributed by atoms with E-state index in [4.69, 9.17) is 14.5 Å². The standard InChI is InChI=1S/C30H28N2O5S/c1-3-36-30(35)28-24(16-25(38-28)19-9-5-4-6-10-19)32-26(33)17-37-29(34)27-20-11-7-8-12-22(20)31-23-14-13-18(2)15-21(23)27/h4-12,16,18H,3,13-15,17H2,1-2H3,(H,32,33)/t18-/m0/s1. The number of nitrogens with zero attached hydrogens (tertiary/aromatic N) is 1. The lowest BCUT2D eigenvalue weighted by Gasteiger charge is -2.24. The summed E-state index contributed by atoms with van der Waals surface area (Å²) >= 11 is 1.24. The van der Waals surface area contributed by atoms with E-state index < -0.39 is 24.5 Å². The van der Waals surface area contributed by atoms with Gasteiger partial charge in [0.05, 0.1) is 23.4 Å². The van der Waals surface area contributed by atoms with Gasteiger partial charge in [-0.2, -0.15) is 0 Å². The van der Waals surface area contributed by atoms with Crippen LogP contribution in [0.2, 0.25) is 0 Å². The van der Waals surface area contributed by atoms with Crippen molar-refractivity contribution in [2.24, 2.45) is 5.92 Å². The van der Waals surface area contributed by atoms with Crippen LogP contribution in [0.4, 0.5) is 5.69 Å². The van der Waals surface area contributed by atoms with E-state index in [-0.39, 0.29) is 11.5 Å². The second-order valence-electron chi connectivity index (χ2n) is 9.34. The maximum Gasteiger partial charge on any atom is 0.350 e. The number of amides is 1. The number of ether oxygens (including phenoxy) is 2. The zero-order valence-electron chi connectivity index (χ0n) is 21.3. The van der Waals surface area contributed by atoms with Crippen LogP contribution in [0.15, 0.2) is 60.7 Å². The van der Waals surface area contributed by atoms with E-state index >= 15 is 0 Å². The molecule has 0 saturated heterocycles. The quantitative estimate of drug-likeness (QED) is 0.293. The molecule has 0 aliphatic heterocycles. The first-order valence-electron chi connectivity index (χ1n) is 12.7. The number of aryl methyl sites for hydroxylation is 1. The Morgan fingerprint density at radius 2 is 1.79 bits per heavy atom. The summed E-state index contributed by atoms with van der Waals surface area (Å²) in [6.07, 6.45) is 2.56. The van der Waals surface area contributed by atoms with Crippen molar-refractivity contribution >= 4 is 45.8 Å². The Morgan fingerprint density at radius 3 is 2.58 bits per heavy atom. The molecule has 4 aromatic rings. The number of esters is 2. The Balaban J connectivity index is 1.36. The molecular weight excluding hydrogens is 500 g/mol. The van der Waals surface area contributed by atoms with Gasteiger partial charge in [-0.1, -0.05) is 55.5 Å². The smallest absolute Gasteiger partial charge is 0.350 e. The number of hydrogen-bond donors (Lipinski definition) is 1. The Bertz CT molecular complexity index is 1510. The predicted octanol–water partition coefficient (Wildman–Crippen LogP) is 6.06. The molecule has 0 fully saturated rings. The molecule has 1 atom stereocenters. The summed E-state index contributed by atoms with van der Waals surface area (Å²) in [5.74, 6) is -1.18. The van der Waals surface area contributed by atoms with Crippen molar-refractivity contribution < 1.29 is 23.9 Å². The molecule has 38 heavy (non-hydrogen) atoms. The Kier molecular flexibility index (Phi) is 7.51. The fourth-order valence-electron chi connectivity index (χ4n) is 4.76. The van der Waals surface area contributed by atoms with Gasteiger partial charge < -0.3 is 14.8 Å². The summed E-state index contributed by atoms with van der Waals surface area (Å²) in [5, 5.41) is 3.46. The molecule has 2 aromatic carbocycles. The monoisotopic (exact) mass is 528 g/mol. The molecule has 1 aliphatic carbocycles. The number of anilines is 1. The number of carbonyl (C=O) groups is 3. The highest BCUT2D eigenvalue weighted by Crippen LogP contribution is 2.36. The average molecular weight is 529 g/mol. The first-order chi connectivity index (χ1) is 18.4. The van der Waals surface area contributed by atoms with E-state index in [1.807, 2.05) is 54.6 Å². The predicted molar refractivity (Wildman–Crippen MR) is 148 cm³/mol. The summed E-state index contributed by atoms with van der Waals surface area (Å²) in [5.41, 5.74) is 4.29. The number of pyridine rings is 1. The largest absolute Gasteiger partial charge is 0.462 e. The lowest BCUT2D eigenvalue weighted by atomic mass is 9.84. The van der Waals surface area contributed by atoms with Crippen LogP contribution in [0.3, 0.4) is 0 Å². The van der Waals surface area contributed by atoms with Crippen molar-refractivity contribution in [2.45, 2.75) is 33.1 Å². The molecule has 2 aromatic heterocycles. The molecular formula is C30H28N2O5S. The first kappa shape index (κ1) is 25.6. The maximum atomic E-state index is 13.3. The maximum absolute atomic E-state index is 13.3. The molecule has 7 nitrogen and oxygen atoms in total. The third kappa shape index (κ3) is 5.31. The zero-order chi connectivity index (χ0) is 26.6. The molecule has 0 radical (unpaired) electrons. The molecule has 1 N–H and O–H groups in total. The van der Waals surface area contributed by atoms with Crippen molar-refractivity contribution in [2.75, 3.05) is 18.5 Å². The van der Waals surface area contributed by atoms with Gasteiger partial charge in [-0.3, -0.25) is 9.78 Å². The normalized spacial score (nSPS) is 14.5. The van der Waals surface area contributed by atoms with Crippen molar-refractivity contribution in [1.82, 2.24) is 4.98 Å². The van der Waals surface area contributed by atoms with Crippen LogP contribution in [0.1, 0.15) is 51.6 Å². The van der Waals surface area contributed by atoms with E-state index in [9.17, 15) is 14.4 Å². The van der Waals surface area contributed by atoms with E-state index in [0.717, 1.165) is 51.9 Å². The van der Waals surface area contributed by atoms with Gasteiger partial charge in [-0.25, -0.2) is 9.59 Å². The molecule has 1 aliphatic rings. The third-order valence-corrected chi connectivity index (χ3v) is 7.73. The van der Waals surface area contributed by atoms with Gasteiger partial charge in [0.25, 0.3) is 5.91 Å². The van der Waals surface area contributed by atoms with E-state index in [2.05, 4.69) is 12.2 Å². The summed E-state index contributed by atoms with van der Waals surface area (Å²) in [6.45, 7) is 3.61. The minimum absolute atomic E-state index is 0.214. The number of carbonyl (C=O) groups excluding carboxylic acids is 3. The molecule has 194 valence electrons. The van der Waals surface area contributed by atoms with Gasteiger partial charge in [0, 0.05) is 16.0 Å². The lowest BCUT2D eigenvalue weighted by Crippen LogP contribution is -2.24. The molecule has 0 saturated carbocycles. The zero-order valence-corrected chi connectivity index (χ0v) is 22.1. The fourth-order valence-corrected chi connectivity index (χ4v) is 5.77. The summed E-state index contributed by atoms with van der Waals surface area (Å²) < 4.78 is 10.7. The van der Waals surface area contributed by atoms with Crippen molar-refractivity contribution in [3.05, 3.63) is 82.4 Å². The summed E-state index contributed by atoms with van der Waals surface area (Å²) in [6, 6.07) is 18.8. The third-order valence-electron chi connectivity index (χ3n) is 6.57. The first-order valence-corrected chi connectivity index (χ1v) is 13.5. The topological polar surface area (TPSA) is 94.6 Å². The average Bonchev–Trinajstić information content (AvgIpc) is 3.35. The van der Waals surface area contributed by atoms with Crippen LogP contribution in [0.25, 0.3) is 21.3 Å². The van der Waals surface area contributed by atoms with Crippen LogP contribution in [-0.2, 0) is 27.1 Å². The number of hydrogen-bond acceptors (Lipinski definition) is 7. The highest BCUT2D eigenvalue weighted by atomic mass is 32.1. The van der Waals surface area contributed by atoms with Crippen LogP contribution in [0.5, 0.6) is 0 Å². The van der Waals surface area contributed by atoms with Crippen molar-refractivity contribution in [3.8, 4) is 10.4 Å².